The van der Waals surface area contributed by atoms with E-state index in [-0.39, 0.29) is 35.7 Å². The summed E-state index contributed by atoms with van der Waals surface area (Å²) in [6.45, 7) is 8.14. The lowest BCUT2D eigenvalue weighted by atomic mass is 9.67. The number of pyridine rings is 1. The average Bonchev–Trinajstić information content (AvgIpc) is 3.71. The van der Waals surface area contributed by atoms with E-state index in [4.69, 9.17) is 23.2 Å². The molecule has 37 heavy (non-hydrogen) atoms. The van der Waals surface area contributed by atoms with E-state index in [1.807, 2.05) is 55.3 Å². The van der Waals surface area contributed by atoms with Gasteiger partial charge in [0.15, 0.2) is 0 Å². The molecule has 4 atom stereocenters. The minimum absolute atomic E-state index is 0.00246. The molecule has 1 aromatic heterocycles. The van der Waals surface area contributed by atoms with E-state index in [2.05, 4.69) is 11.6 Å². The number of carbonyl (C=O) groups excluding carboxylic acids is 1. The third-order valence-corrected chi connectivity index (χ3v) is 10.6. The normalized spacial score (nSPS) is 25.4. The van der Waals surface area contributed by atoms with Crippen LogP contribution in [0.25, 0.3) is 0 Å². The second kappa shape index (κ2) is 11.0. The summed E-state index contributed by atoms with van der Waals surface area (Å²) in [6.07, 6.45) is 8.28. The van der Waals surface area contributed by atoms with Gasteiger partial charge < -0.3 is 4.90 Å². The van der Waals surface area contributed by atoms with Gasteiger partial charge in [-0.2, -0.15) is 0 Å². The van der Waals surface area contributed by atoms with E-state index in [9.17, 15) is 13.2 Å². The highest BCUT2D eigenvalue weighted by Gasteiger charge is 2.51. The summed E-state index contributed by atoms with van der Waals surface area (Å²) < 4.78 is 27.5. The Morgan fingerprint density at radius 3 is 2.43 bits per heavy atom. The van der Waals surface area contributed by atoms with Crippen LogP contribution in [0.1, 0.15) is 69.0 Å². The number of aromatic nitrogens is 1. The number of benzene rings is 1. The van der Waals surface area contributed by atoms with Crippen LogP contribution in [-0.2, 0) is 14.8 Å². The molecule has 2 aliphatic rings. The molecule has 1 saturated carbocycles. The van der Waals surface area contributed by atoms with Crippen LogP contribution in [0.2, 0.25) is 10.0 Å². The number of likely N-dealkylation sites (N-methyl/N-ethyl adjacent to an activating group) is 1. The lowest BCUT2D eigenvalue weighted by Crippen LogP contribution is -2.58. The maximum atomic E-state index is 14.4. The second-order valence-corrected chi connectivity index (χ2v) is 13.8. The van der Waals surface area contributed by atoms with Crippen LogP contribution in [0.5, 0.6) is 0 Å². The SMILES string of the molecule is C=CCC1(C)CC(c2cncc(Cl)c2)C(c2ccc(Cl)cc2)N(C(CC)CN(C)S(=O)(=O)C2CC2)C1=O. The molecule has 1 amide bonds. The Morgan fingerprint density at radius 1 is 1.19 bits per heavy atom. The third-order valence-electron chi connectivity index (χ3n) is 7.78. The van der Waals surface area contributed by atoms with Crippen molar-refractivity contribution < 1.29 is 13.2 Å². The van der Waals surface area contributed by atoms with Crippen LogP contribution in [0.15, 0.2) is 55.4 Å². The molecule has 1 aromatic carbocycles. The number of halogens is 2. The van der Waals surface area contributed by atoms with Gasteiger partial charge in [-0.1, -0.05) is 55.3 Å². The molecule has 2 heterocycles. The summed E-state index contributed by atoms with van der Waals surface area (Å²) in [4.78, 5) is 20.6. The minimum Gasteiger partial charge on any atom is -0.330 e. The topological polar surface area (TPSA) is 70.6 Å². The molecule has 1 saturated heterocycles. The first-order valence-electron chi connectivity index (χ1n) is 12.8. The largest absolute Gasteiger partial charge is 0.330 e. The fraction of sp³-hybridized carbons (Fsp3) is 0.500. The summed E-state index contributed by atoms with van der Waals surface area (Å²) >= 11 is 12.6. The highest BCUT2D eigenvalue weighted by atomic mass is 35.5. The number of carbonyl (C=O) groups is 1. The van der Waals surface area contributed by atoms with Crippen molar-refractivity contribution in [1.82, 2.24) is 14.2 Å². The predicted octanol–water partition coefficient (Wildman–Crippen LogP) is 6.23. The smallest absolute Gasteiger partial charge is 0.229 e. The Bertz CT molecular complexity index is 1250. The zero-order chi connectivity index (χ0) is 27.0. The molecular formula is C28H35Cl2N3O3S. The molecule has 0 radical (unpaired) electrons. The van der Waals surface area contributed by atoms with Gasteiger partial charge in [0.2, 0.25) is 15.9 Å². The maximum Gasteiger partial charge on any atom is 0.229 e. The predicted molar refractivity (Wildman–Crippen MR) is 149 cm³/mol. The Balaban J connectivity index is 1.85. The fourth-order valence-electron chi connectivity index (χ4n) is 5.62. The first-order valence-corrected chi connectivity index (χ1v) is 15.0. The number of piperidine rings is 1. The molecular weight excluding hydrogens is 529 g/mol. The molecule has 1 aliphatic heterocycles. The number of nitrogens with zero attached hydrogens (tertiary/aromatic N) is 3. The van der Waals surface area contributed by atoms with Crippen molar-refractivity contribution in [1.29, 1.82) is 0 Å². The van der Waals surface area contributed by atoms with E-state index in [1.165, 1.54) is 4.31 Å². The van der Waals surface area contributed by atoms with Crippen molar-refractivity contribution in [3.8, 4) is 0 Å². The number of amides is 1. The average molecular weight is 565 g/mol. The number of sulfonamides is 1. The standard InChI is InChI=1S/C28H35Cl2N3O3S/c1-5-13-28(3)15-25(20-14-22(30)17-31-16-20)26(19-7-9-21(29)10-8-19)33(27(28)34)23(6-2)18-32(4)37(35,36)24-11-12-24/h5,7-10,14,16-17,23-26H,1,6,11-13,15,18H2,2-4H3. The van der Waals surface area contributed by atoms with Crippen LogP contribution in [0.3, 0.4) is 0 Å². The Hall–Kier alpha value is -1.93. The van der Waals surface area contributed by atoms with Crippen LogP contribution < -0.4 is 0 Å². The summed E-state index contributed by atoms with van der Waals surface area (Å²) in [6, 6.07) is 8.80. The van der Waals surface area contributed by atoms with E-state index in [1.54, 1.807) is 19.3 Å². The van der Waals surface area contributed by atoms with Crippen LogP contribution in [0.4, 0.5) is 0 Å². The van der Waals surface area contributed by atoms with E-state index in [0.29, 0.717) is 42.1 Å². The van der Waals surface area contributed by atoms with Crippen LogP contribution in [-0.4, -0.2) is 53.4 Å². The van der Waals surface area contributed by atoms with E-state index >= 15 is 0 Å². The van der Waals surface area contributed by atoms with Gasteiger partial charge in [-0.3, -0.25) is 9.78 Å². The molecule has 200 valence electrons. The Morgan fingerprint density at radius 2 is 1.86 bits per heavy atom. The third kappa shape index (κ3) is 5.75. The molecule has 2 aromatic rings. The first kappa shape index (κ1) is 28.1. The van der Waals surface area contributed by atoms with Gasteiger partial charge in [0.05, 0.1) is 21.7 Å². The second-order valence-electron chi connectivity index (χ2n) is 10.6. The maximum absolute atomic E-state index is 14.4. The molecule has 9 heteroatoms. The van der Waals surface area contributed by atoms with Crippen molar-refractivity contribution in [2.24, 2.45) is 5.41 Å². The lowest BCUT2D eigenvalue weighted by molar-refractivity contribution is -0.154. The van der Waals surface area contributed by atoms with Crippen LogP contribution >= 0.6 is 23.2 Å². The quantitative estimate of drug-likeness (QED) is 0.321. The molecule has 1 aliphatic carbocycles. The first-order chi connectivity index (χ1) is 17.5. The zero-order valence-corrected chi connectivity index (χ0v) is 23.9. The van der Waals surface area contributed by atoms with Gasteiger partial charge in [0, 0.05) is 43.0 Å². The number of likely N-dealkylation sites (tertiary alicyclic amines) is 1. The minimum atomic E-state index is -3.39. The van der Waals surface area contributed by atoms with Gasteiger partial charge in [0.25, 0.3) is 0 Å². The highest BCUT2D eigenvalue weighted by molar-refractivity contribution is 7.90. The molecule has 0 N–H and O–H groups in total. The van der Waals surface area contributed by atoms with Crippen LogP contribution in [0, 0.1) is 5.41 Å². The van der Waals surface area contributed by atoms with Gasteiger partial charge >= 0.3 is 0 Å². The molecule has 0 spiro atoms. The van der Waals surface area contributed by atoms with Gasteiger partial charge in [-0.25, -0.2) is 12.7 Å². The Kier molecular flexibility index (Phi) is 8.39. The summed E-state index contributed by atoms with van der Waals surface area (Å²) in [5.41, 5.74) is 1.17. The molecule has 0 bridgehead atoms. The van der Waals surface area contributed by atoms with Gasteiger partial charge in [0.1, 0.15) is 0 Å². The van der Waals surface area contributed by atoms with E-state index < -0.39 is 15.4 Å². The van der Waals surface area contributed by atoms with Crippen molar-refractivity contribution in [3.63, 3.8) is 0 Å². The molecule has 4 unspecified atom stereocenters. The molecule has 2 fully saturated rings. The number of hydrogen-bond acceptors (Lipinski definition) is 4. The summed E-state index contributed by atoms with van der Waals surface area (Å²) in [5, 5.41) is 0.830. The van der Waals surface area contributed by atoms with Crippen molar-refractivity contribution in [3.05, 3.63) is 76.6 Å². The Labute approximate surface area is 230 Å². The number of hydrogen-bond donors (Lipinski definition) is 0. The highest BCUT2D eigenvalue weighted by Crippen LogP contribution is 2.52. The molecule has 4 rings (SSSR count). The summed E-state index contributed by atoms with van der Waals surface area (Å²) in [7, 11) is -1.76. The zero-order valence-electron chi connectivity index (χ0n) is 21.6. The van der Waals surface area contributed by atoms with E-state index in [0.717, 1.165) is 11.1 Å². The van der Waals surface area contributed by atoms with Crippen molar-refractivity contribution >= 4 is 39.1 Å². The monoisotopic (exact) mass is 563 g/mol. The van der Waals surface area contributed by atoms with Gasteiger partial charge in [-0.15, -0.1) is 6.58 Å². The van der Waals surface area contributed by atoms with Crippen molar-refractivity contribution in [2.45, 2.75) is 69.2 Å². The molecule has 6 nitrogen and oxygen atoms in total. The fourth-order valence-corrected chi connectivity index (χ4v) is 7.55. The number of rotatable bonds is 10. The van der Waals surface area contributed by atoms with Crippen molar-refractivity contribution in [2.75, 3.05) is 13.6 Å². The summed E-state index contributed by atoms with van der Waals surface area (Å²) in [5.74, 6) is -0.114. The number of allylic oxidation sites excluding steroid dienone is 1. The van der Waals surface area contributed by atoms with Gasteiger partial charge in [-0.05, 0) is 61.4 Å². The lowest BCUT2D eigenvalue weighted by Gasteiger charge is -2.52.